The van der Waals surface area contributed by atoms with Crippen LogP contribution in [0.15, 0.2) is 29.2 Å². The van der Waals surface area contributed by atoms with E-state index >= 15 is 0 Å². The largest absolute Gasteiger partial charge is 0.382 e. The summed E-state index contributed by atoms with van der Waals surface area (Å²) in [5, 5.41) is 3.48. The van der Waals surface area contributed by atoms with Crippen LogP contribution in [0.3, 0.4) is 0 Å². The molecule has 3 unspecified atom stereocenters. The maximum absolute atomic E-state index is 11.6. The van der Waals surface area contributed by atoms with Gasteiger partial charge in [0, 0.05) is 30.0 Å². The topological polar surface area (TPSA) is 55.4 Å². The highest BCUT2D eigenvalue weighted by Gasteiger charge is 2.51. The van der Waals surface area contributed by atoms with Gasteiger partial charge in [0.25, 0.3) is 0 Å². The Kier molecular flexibility index (Phi) is 4.63. The molecule has 0 radical (unpaired) electrons. The first-order chi connectivity index (χ1) is 9.81. The van der Waals surface area contributed by atoms with Gasteiger partial charge in [0.1, 0.15) is 0 Å². The molecule has 1 aromatic rings. The average Bonchev–Trinajstić information content (AvgIpc) is 2.44. The van der Waals surface area contributed by atoms with Crippen LogP contribution in [0.5, 0.6) is 0 Å². The first-order valence-corrected chi connectivity index (χ1v) is 9.38. The average molecular weight is 311 g/mol. The van der Waals surface area contributed by atoms with Gasteiger partial charge in [-0.2, -0.15) is 0 Å². The van der Waals surface area contributed by atoms with Crippen molar-refractivity contribution in [2.24, 2.45) is 5.41 Å². The molecule has 1 saturated carbocycles. The molecule has 1 aromatic carbocycles. The minimum Gasteiger partial charge on any atom is -0.382 e. The van der Waals surface area contributed by atoms with Crippen LogP contribution in [0, 0.1) is 5.41 Å². The summed E-state index contributed by atoms with van der Waals surface area (Å²) in [5.41, 5.74) is 0.953. The molecular weight excluding hydrogens is 286 g/mol. The fraction of sp³-hybridized carbons (Fsp3) is 0.625. The monoisotopic (exact) mass is 311 g/mol. The summed E-state index contributed by atoms with van der Waals surface area (Å²) in [6.07, 6.45) is 3.50. The lowest BCUT2D eigenvalue weighted by atomic mass is 9.61. The van der Waals surface area contributed by atoms with Gasteiger partial charge in [-0.25, -0.2) is 8.42 Å². The number of ether oxygens (including phenoxy) is 1. The normalized spacial score (nSPS) is 29.0. The summed E-state index contributed by atoms with van der Waals surface area (Å²) in [7, 11) is -3.17. The van der Waals surface area contributed by atoms with E-state index in [-0.39, 0.29) is 11.5 Å². The highest BCUT2D eigenvalue weighted by Crippen LogP contribution is 2.47. The van der Waals surface area contributed by atoms with Gasteiger partial charge in [-0.15, -0.1) is 0 Å². The van der Waals surface area contributed by atoms with Crippen LogP contribution < -0.4 is 5.32 Å². The lowest BCUT2D eigenvalue weighted by Gasteiger charge is -2.54. The minimum atomic E-state index is -3.17. The molecule has 3 atom stereocenters. The molecule has 0 bridgehead atoms. The molecule has 0 saturated heterocycles. The van der Waals surface area contributed by atoms with E-state index in [1.807, 2.05) is 13.0 Å². The zero-order valence-corrected chi connectivity index (χ0v) is 14.0. The van der Waals surface area contributed by atoms with Gasteiger partial charge >= 0.3 is 0 Å². The van der Waals surface area contributed by atoms with E-state index in [4.69, 9.17) is 4.74 Å². The molecule has 0 aromatic heterocycles. The smallest absolute Gasteiger partial charge is 0.175 e. The molecule has 1 aliphatic carbocycles. The highest BCUT2D eigenvalue weighted by atomic mass is 32.2. The summed E-state index contributed by atoms with van der Waals surface area (Å²) in [6, 6.07) is 7.34. The van der Waals surface area contributed by atoms with Gasteiger partial charge in [0.2, 0.25) is 0 Å². The lowest BCUT2D eigenvalue weighted by Crippen LogP contribution is -2.59. The standard InChI is InChI=1S/C16H25NO3S/c1-5-16(3)14(11-15(16)20-6-2)17-12-8-7-9-13(10-12)21(4,18)19/h7-10,14-15,17H,5-6,11H2,1-4H3. The van der Waals surface area contributed by atoms with Crippen LogP contribution in [0.2, 0.25) is 0 Å². The third-order valence-corrected chi connectivity index (χ3v) is 5.82. The Hall–Kier alpha value is -1.07. The molecule has 0 amide bonds. The Morgan fingerprint density at radius 1 is 1.38 bits per heavy atom. The summed E-state index contributed by atoms with van der Waals surface area (Å²) >= 11 is 0. The second kappa shape index (κ2) is 5.97. The molecule has 0 spiro atoms. The van der Waals surface area contributed by atoms with Gasteiger partial charge in [0.05, 0.1) is 11.0 Å². The first-order valence-electron chi connectivity index (χ1n) is 7.49. The maximum Gasteiger partial charge on any atom is 0.175 e. The Bertz CT molecular complexity index is 599. The molecule has 5 heteroatoms. The molecule has 0 aliphatic heterocycles. The molecule has 1 fully saturated rings. The van der Waals surface area contributed by atoms with E-state index in [1.165, 1.54) is 6.26 Å². The number of anilines is 1. The van der Waals surface area contributed by atoms with Crippen LogP contribution >= 0.6 is 0 Å². The van der Waals surface area contributed by atoms with Gasteiger partial charge in [-0.05, 0) is 38.0 Å². The number of rotatable bonds is 6. The summed E-state index contributed by atoms with van der Waals surface area (Å²) in [5.74, 6) is 0. The van der Waals surface area contributed by atoms with Crippen molar-refractivity contribution in [2.45, 2.75) is 50.7 Å². The SMILES string of the molecule is CCOC1CC(Nc2cccc(S(C)(=O)=O)c2)C1(C)CC. The van der Waals surface area contributed by atoms with Crippen molar-refractivity contribution in [2.75, 3.05) is 18.2 Å². The van der Waals surface area contributed by atoms with Crippen molar-refractivity contribution < 1.29 is 13.2 Å². The number of benzene rings is 1. The second-order valence-corrected chi connectivity index (χ2v) is 8.05. The predicted octanol–water partition coefficient (Wildman–Crippen LogP) is 3.10. The number of sulfone groups is 1. The van der Waals surface area contributed by atoms with Crippen molar-refractivity contribution in [3.05, 3.63) is 24.3 Å². The van der Waals surface area contributed by atoms with Crippen molar-refractivity contribution in [1.29, 1.82) is 0 Å². The van der Waals surface area contributed by atoms with Crippen molar-refractivity contribution in [3.63, 3.8) is 0 Å². The summed E-state index contributed by atoms with van der Waals surface area (Å²) in [4.78, 5) is 0.353. The molecule has 1 aliphatic rings. The van der Waals surface area contributed by atoms with E-state index in [1.54, 1.807) is 18.2 Å². The first kappa shape index (κ1) is 16.3. The van der Waals surface area contributed by atoms with Crippen LogP contribution in [0.4, 0.5) is 5.69 Å². The van der Waals surface area contributed by atoms with E-state index in [2.05, 4.69) is 19.2 Å². The van der Waals surface area contributed by atoms with Crippen molar-refractivity contribution >= 4 is 15.5 Å². The zero-order valence-electron chi connectivity index (χ0n) is 13.2. The summed E-state index contributed by atoms with van der Waals surface area (Å²) in [6.45, 7) is 7.16. The van der Waals surface area contributed by atoms with E-state index in [0.29, 0.717) is 10.9 Å². The van der Waals surface area contributed by atoms with Gasteiger partial charge in [-0.3, -0.25) is 0 Å². The van der Waals surface area contributed by atoms with Crippen LogP contribution in [-0.2, 0) is 14.6 Å². The van der Waals surface area contributed by atoms with E-state index in [0.717, 1.165) is 25.1 Å². The Morgan fingerprint density at radius 3 is 2.67 bits per heavy atom. The number of hydrogen-bond donors (Lipinski definition) is 1. The molecule has 0 heterocycles. The quantitative estimate of drug-likeness (QED) is 0.877. The molecule has 118 valence electrons. The highest BCUT2D eigenvalue weighted by molar-refractivity contribution is 7.90. The number of nitrogens with one attached hydrogen (secondary N) is 1. The van der Waals surface area contributed by atoms with Crippen molar-refractivity contribution in [3.8, 4) is 0 Å². The van der Waals surface area contributed by atoms with Crippen LogP contribution in [0.1, 0.15) is 33.6 Å². The lowest BCUT2D eigenvalue weighted by molar-refractivity contribution is -0.109. The van der Waals surface area contributed by atoms with E-state index < -0.39 is 9.84 Å². The molecule has 1 N–H and O–H groups in total. The minimum absolute atomic E-state index is 0.0943. The Morgan fingerprint density at radius 2 is 2.10 bits per heavy atom. The van der Waals surface area contributed by atoms with Crippen LogP contribution in [-0.4, -0.2) is 33.4 Å². The molecule has 2 rings (SSSR count). The van der Waals surface area contributed by atoms with Crippen LogP contribution in [0.25, 0.3) is 0 Å². The third kappa shape index (κ3) is 3.24. The molecule has 4 nitrogen and oxygen atoms in total. The fourth-order valence-electron chi connectivity index (χ4n) is 2.99. The summed E-state index contributed by atoms with van der Waals surface area (Å²) < 4.78 is 29.0. The maximum atomic E-state index is 11.6. The molecule has 21 heavy (non-hydrogen) atoms. The van der Waals surface area contributed by atoms with Gasteiger partial charge in [-0.1, -0.05) is 19.9 Å². The predicted molar refractivity (Wildman–Crippen MR) is 85.4 cm³/mol. The molecular formula is C16H25NO3S. The van der Waals surface area contributed by atoms with Crippen molar-refractivity contribution in [1.82, 2.24) is 0 Å². The Balaban J connectivity index is 2.13. The Labute approximate surface area is 127 Å². The fourth-order valence-corrected chi connectivity index (χ4v) is 3.66. The van der Waals surface area contributed by atoms with Gasteiger partial charge < -0.3 is 10.1 Å². The third-order valence-electron chi connectivity index (χ3n) is 4.71. The second-order valence-electron chi connectivity index (χ2n) is 6.04. The zero-order chi connectivity index (χ0) is 15.7. The number of hydrogen-bond acceptors (Lipinski definition) is 4. The van der Waals surface area contributed by atoms with Gasteiger partial charge in [0.15, 0.2) is 9.84 Å². The van der Waals surface area contributed by atoms with E-state index in [9.17, 15) is 8.42 Å².